The van der Waals surface area contributed by atoms with Crippen molar-refractivity contribution in [2.24, 2.45) is 0 Å². The van der Waals surface area contributed by atoms with E-state index in [1.807, 2.05) is 37.3 Å². The Labute approximate surface area is 204 Å². The van der Waals surface area contributed by atoms with Crippen LogP contribution < -0.4 is 15.5 Å². The fraction of sp³-hybridized carbons (Fsp3) is 0.346. The summed E-state index contributed by atoms with van der Waals surface area (Å²) in [5.41, 5.74) is 4.12. The topological polar surface area (TPSA) is 77.6 Å². The molecular formula is C26H31N5O2S. The third kappa shape index (κ3) is 6.14. The second kappa shape index (κ2) is 11.2. The molecule has 1 saturated heterocycles. The minimum atomic E-state index is -0.127. The average Bonchev–Trinajstić information content (AvgIpc) is 3.41. The molecule has 0 bridgehead atoms. The van der Waals surface area contributed by atoms with Crippen LogP contribution >= 0.6 is 11.3 Å². The Morgan fingerprint density at radius 3 is 2.53 bits per heavy atom. The molecule has 4 rings (SSSR count). The van der Waals surface area contributed by atoms with Crippen LogP contribution in [0.15, 0.2) is 54.6 Å². The summed E-state index contributed by atoms with van der Waals surface area (Å²) in [7, 11) is 0. The fourth-order valence-electron chi connectivity index (χ4n) is 3.85. The molecule has 0 aliphatic carbocycles. The smallest absolute Gasteiger partial charge is 0.317 e. The van der Waals surface area contributed by atoms with Crippen LogP contribution in [0.1, 0.15) is 32.1 Å². The van der Waals surface area contributed by atoms with E-state index in [4.69, 9.17) is 4.98 Å². The van der Waals surface area contributed by atoms with E-state index in [-0.39, 0.29) is 11.9 Å². The molecule has 0 radical (unpaired) electrons. The number of carbonyl (C=O) groups is 2. The first kappa shape index (κ1) is 23.8. The molecule has 0 unspecified atom stereocenters. The predicted molar refractivity (Wildman–Crippen MR) is 137 cm³/mol. The zero-order valence-corrected chi connectivity index (χ0v) is 20.5. The largest absolute Gasteiger partial charge is 0.350 e. The van der Waals surface area contributed by atoms with Gasteiger partial charge in [0.05, 0.1) is 5.69 Å². The van der Waals surface area contributed by atoms with Crippen LogP contribution in [-0.2, 0) is 13.0 Å². The first-order valence-electron chi connectivity index (χ1n) is 11.6. The molecule has 2 heterocycles. The van der Waals surface area contributed by atoms with Crippen LogP contribution in [0.3, 0.4) is 0 Å². The number of aryl methyl sites for hydroxylation is 2. The quantitative estimate of drug-likeness (QED) is 0.466. The Bertz CT molecular complexity index is 1090. The van der Waals surface area contributed by atoms with Gasteiger partial charge in [-0.05, 0) is 43.5 Å². The minimum Gasteiger partial charge on any atom is -0.350 e. The van der Waals surface area contributed by atoms with E-state index < -0.39 is 0 Å². The van der Waals surface area contributed by atoms with E-state index >= 15 is 0 Å². The molecule has 0 saturated carbocycles. The molecule has 34 heavy (non-hydrogen) atoms. The molecule has 178 valence electrons. The maximum Gasteiger partial charge on any atom is 0.317 e. The van der Waals surface area contributed by atoms with Crippen molar-refractivity contribution in [1.82, 2.24) is 20.5 Å². The summed E-state index contributed by atoms with van der Waals surface area (Å²) in [6, 6.07) is 18.2. The van der Waals surface area contributed by atoms with Gasteiger partial charge < -0.3 is 20.4 Å². The number of nitrogens with one attached hydrogen (secondary N) is 2. The molecule has 0 spiro atoms. The Morgan fingerprint density at radius 1 is 1.12 bits per heavy atom. The molecule has 2 aromatic carbocycles. The van der Waals surface area contributed by atoms with Crippen LogP contribution in [0.4, 0.5) is 9.93 Å². The normalized spacial score (nSPS) is 13.1. The number of aromatic nitrogens is 1. The highest BCUT2D eigenvalue weighted by Gasteiger charge is 2.19. The molecule has 3 aromatic rings. The second-order valence-electron chi connectivity index (χ2n) is 8.47. The van der Waals surface area contributed by atoms with Crippen molar-refractivity contribution in [1.29, 1.82) is 0 Å². The summed E-state index contributed by atoms with van der Waals surface area (Å²) in [6.45, 7) is 8.04. The molecule has 8 heteroatoms. The molecule has 1 aliphatic rings. The van der Waals surface area contributed by atoms with Crippen molar-refractivity contribution in [3.05, 3.63) is 81.9 Å². The fourth-order valence-corrected chi connectivity index (χ4v) is 4.79. The van der Waals surface area contributed by atoms with Crippen molar-refractivity contribution >= 4 is 28.4 Å². The highest BCUT2D eigenvalue weighted by molar-refractivity contribution is 7.15. The Morgan fingerprint density at radius 2 is 1.88 bits per heavy atom. The van der Waals surface area contributed by atoms with E-state index in [0.717, 1.165) is 35.9 Å². The van der Waals surface area contributed by atoms with Crippen molar-refractivity contribution in [3.63, 3.8) is 0 Å². The molecule has 1 aliphatic heterocycles. The number of carbonyl (C=O) groups excluding carboxylic acids is 2. The number of anilines is 1. The zero-order valence-electron chi connectivity index (χ0n) is 19.7. The van der Waals surface area contributed by atoms with Crippen molar-refractivity contribution in [3.8, 4) is 0 Å². The van der Waals surface area contributed by atoms with Crippen LogP contribution in [0, 0.1) is 13.8 Å². The molecular weight excluding hydrogens is 446 g/mol. The van der Waals surface area contributed by atoms with Gasteiger partial charge in [0.2, 0.25) is 0 Å². The van der Waals surface area contributed by atoms with Crippen molar-refractivity contribution in [2.75, 3.05) is 37.6 Å². The van der Waals surface area contributed by atoms with Gasteiger partial charge in [-0.15, -0.1) is 11.3 Å². The summed E-state index contributed by atoms with van der Waals surface area (Å²) in [6.07, 6.45) is 0.939. The zero-order chi connectivity index (χ0) is 23.9. The number of benzene rings is 2. The van der Waals surface area contributed by atoms with E-state index in [1.54, 1.807) is 16.2 Å². The van der Waals surface area contributed by atoms with Gasteiger partial charge in [-0.2, -0.15) is 0 Å². The summed E-state index contributed by atoms with van der Waals surface area (Å²) in [5.74, 6) is -0.127. The van der Waals surface area contributed by atoms with Gasteiger partial charge in [0.1, 0.15) is 0 Å². The maximum absolute atomic E-state index is 12.5. The van der Waals surface area contributed by atoms with Gasteiger partial charge in [-0.3, -0.25) is 4.79 Å². The second-order valence-corrected chi connectivity index (χ2v) is 9.65. The lowest BCUT2D eigenvalue weighted by molar-refractivity contribution is 0.0950. The standard InChI is InChI=1S/C26H31N5O2S/c1-19-20(2)34-26(29-19)31(15-12-21-6-4-3-5-7-21)18-22-8-10-23(11-9-22)24(32)27-13-16-30-17-14-28-25(30)33/h3-11H,12-18H2,1-2H3,(H,27,32)(H,28,33). The number of rotatable bonds is 10. The number of urea groups is 1. The Balaban J connectivity index is 1.36. The lowest BCUT2D eigenvalue weighted by Crippen LogP contribution is -2.36. The number of hydrogen-bond acceptors (Lipinski definition) is 5. The van der Waals surface area contributed by atoms with Crippen molar-refractivity contribution in [2.45, 2.75) is 26.8 Å². The highest BCUT2D eigenvalue weighted by atomic mass is 32.1. The monoisotopic (exact) mass is 477 g/mol. The SMILES string of the molecule is Cc1nc(N(CCc2ccccc2)Cc2ccc(C(=O)NCCN3CCNC3=O)cc2)sc1C. The molecule has 1 fully saturated rings. The minimum absolute atomic E-state index is 0.0685. The summed E-state index contributed by atoms with van der Waals surface area (Å²) in [5, 5.41) is 6.69. The van der Waals surface area contributed by atoms with Crippen LogP contribution in [0.25, 0.3) is 0 Å². The van der Waals surface area contributed by atoms with E-state index in [1.165, 1.54) is 10.4 Å². The maximum atomic E-state index is 12.5. The van der Waals surface area contributed by atoms with E-state index in [2.05, 4.69) is 46.7 Å². The van der Waals surface area contributed by atoms with Crippen LogP contribution in [-0.4, -0.2) is 54.5 Å². The van der Waals surface area contributed by atoms with Gasteiger partial charge in [0.15, 0.2) is 5.13 Å². The summed E-state index contributed by atoms with van der Waals surface area (Å²) >= 11 is 1.72. The number of nitrogens with zero attached hydrogens (tertiary/aromatic N) is 3. The van der Waals surface area contributed by atoms with Crippen molar-refractivity contribution < 1.29 is 9.59 Å². The third-order valence-electron chi connectivity index (χ3n) is 6.00. The molecule has 1 aromatic heterocycles. The van der Waals surface area contributed by atoms with Gasteiger partial charge in [0.25, 0.3) is 5.91 Å². The van der Waals surface area contributed by atoms with E-state index in [0.29, 0.717) is 31.7 Å². The predicted octanol–water partition coefficient (Wildman–Crippen LogP) is 3.76. The molecule has 2 N–H and O–H groups in total. The first-order valence-corrected chi connectivity index (χ1v) is 12.4. The summed E-state index contributed by atoms with van der Waals surface area (Å²) in [4.78, 5) is 34.1. The highest BCUT2D eigenvalue weighted by Crippen LogP contribution is 2.27. The Hall–Kier alpha value is -3.39. The van der Waals surface area contributed by atoms with Gasteiger partial charge in [-0.25, -0.2) is 9.78 Å². The third-order valence-corrected chi connectivity index (χ3v) is 7.14. The number of thiazole rings is 1. The summed E-state index contributed by atoms with van der Waals surface area (Å²) < 4.78 is 0. The van der Waals surface area contributed by atoms with Gasteiger partial charge in [0, 0.05) is 49.7 Å². The van der Waals surface area contributed by atoms with E-state index in [9.17, 15) is 9.59 Å². The average molecular weight is 478 g/mol. The Kier molecular flexibility index (Phi) is 7.80. The van der Waals surface area contributed by atoms with Gasteiger partial charge >= 0.3 is 6.03 Å². The molecule has 7 nitrogen and oxygen atoms in total. The van der Waals surface area contributed by atoms with Gasteiger partial charge in [-0.1, -0.05) is 42.5 Å². The van der Waals surface area contributed by atoms with Crippen LogP contribution in [0.2, 0.25) is 0 Å². The number of hydrogen-bond donors (Lipinski definition) is 2. The lowest BCUT2D eigenvalue weighted by Gasteiger charge is -2.22. The van der Waals surface area contributed by atoms with Crippen LogP contribution in [0.5, 0.6) is 0 Å². The first-order chi connectivity index (χ1) is 16.5. The lowest BCUT2D eigenvalue weighted by atomic mass is 10.1. The molecule has 3 amide bonds. The number of amides is 3. The molecule has 0 atom stereocenters.